The zero-order chi connectivity index (χ0) is 42.6. The van der Waals surface area contributed by atoms with Gasteiger partial charge in [0.2, 0.25) is 0 Å². The van der Waals surface area contributed by atoms with E-state index in [0.717, 1.165) is 46.9 Å². The van der Waals surface area contributed by atoms with E-state index in [1.807, 2.05) is 6.07 Å². The highest BCUT2D eigenvalue weighted by molar-refractivity contribution is 6.16. The van der Waals surface area contributed by atoms with Crippen molar-refractivity contribution in [2.24, 2.45) is 9.98 Å². The Morgan fingerprint density at radius 1 is 0.516 bits per heavy atom. The maximum Gasteiger partial charge on any atom is 0.169 e. The van der Waals surface area contributed by atoms with Gasteiger partial charge >= 0.3 is 0 Å². The minimum atomic E-state index is -0.441. The van der Waals surface area contributed by atoms with E-state index in [1.165, 1.54) is 66.7 Å². The smallest absolute Gasteiger partial charge is 0.169 e. The Kier molecular flexibility index (Phi) is 9.19. The predicted octanol–water partition coefficient (Wildman–Crippen LogP) is 13.9. The lowest BCUT2D eigenvalue weighted by atomic mass is 9.59. The van der Waals surface area contributed by atoms with Gasteiger partial charge in [0, 0.05) is 39.1 Å². The van der Waals surface area contributed by atoms with Gasteiger partial charge < -0.3 is 9.88 Å². The fourth-order valence-corrected chi connectivity index (χ4v) is 10.5. The van der Waals surface area contributed by atoms with Crippen LogP contribution in [0, 0.1) is 0 Å². The van der Waals surface area contributed by atoms with Gasteiger partial charge in [-0.05, 0) is 81.6 Å². The van der Waals surface area contributed by atoms with Crippen molar-refractivity contribution in [2.45, 2.75) is 37.3 Å². The molecule has 0 fully saturated rings. The molecule has 0 spiro atoms. The first-order valence-electron chi connectivity index (χ1n) is 22.4. The summed E-state index contributed by atoms with van der Waals surface area (Å²) < 4.78 is 2.49. The number of aromatic nitrogens is 1. The number of nitrogens with one attached hydrogen (secondary N) is 1. The van der Waals surface area contributed by atoms with E-state index in [0.29, 0.717) is 0 Å². The number of aliphatic imine (C=N–C) groups is 2. The Morgan fingerprint density at radius 2 is 1.06 bits per heavy atom. The standard InChI is InChI=1S/C60H46N4/c1-60-39-53-51-25-12-14-27-55(51)64(56(53)38-48(60)37-52(50-24-11-13-26-54(50)60)44-32-28-42(29-33-44)40-16-5-2-6-17-40)49-23-15-22-47(36-49)59-62-57(45-20-9-4-10-21-45)61-58(63-59)46-34-30-43(31-35-46)41-18-7-3-8-19-41/h2-36,38,52,59H,37,39H2,1H3,(H,61,62,63). The van der Waals surface area contributed by atoms with Crippen LogP contribution < -0.4 is 5.32 Å². The van der Waals surface area contributed by atoms with E-state index >= 15 is 0 Å². The number of hydrogen-bond donors (Lipinski definition) is 1. The van der Waals surface area contributed by atoms with E-state index in [1.54, 1.807) is 0 Å². The van der Waals surface area contributed by atoms with Crippen molar-refractivity contribution in [1.82, 2.24) is 9.88 Å². The quantitative estimate of drug-likeness (QED) is 0.171. The summed E-state index contributed by atoms with van der Waals surface area (Å²) in [6.07, 6.45) is 4.00. The number of hydrogen-bond acceptors (Lipinski definition) is 3. The first-order valence-corrected chi connectivity index (χ1v) is 22.4. The van der Waals surface area contributed by atoms with E-state index in [9.17, 15) is 0 Å². The van der Waals surface area contributed by atoms with Gasteiger partial charge in [-0.1, -0.05) is 207 Å². The SMILES string of the molecule is CC12Cc3c(n(-c4cccc(C5N=C(c6ccccc6)NC(c6ccc(-c7ccccc7)cc6)=N5)c4)c4ccccc34)C=C1CC(c1ccc(-c3ccccc3)cc1)c1ccccc12. The molecule has 3 aliphatic rings. The summed E-state index contributed by atoms with van der Waals surface area (Å²) >= 11 is 0. The highest BCUT2D eigenvalue weighted by Gasteiger charge is 2.44. The van der Waals surface area contributed by atoms with E-state index in [2.05, 4.69) is 229 Å². The van der Waals surface area contributed by atoms with Crippen LogP contribution in [0.2, 0.25) is 0 Å². The molecule has 0 saturated carbocycles. The van der Waals surface area contributed by atoms with Gasteiger partial charge in [-0.3, -0.25) is 0 Å². The molecule has 1 N–H and O–H groups in total. The van der Waals surface area contributed by atoms with Gasteiger partial charge in [-0.2, -0.15) is 0 Å². The molecule has 0 radical (unpaired) electrons. The van der Waals surface area contributed by atoms with Gasteiger partial charge in [0.25, 0.3) is 0 Å². The highest BCUT2D eigenvalue weighted by Crippen LogP contribution is 2.54. The molecule has 306 valence electrons. The first-order chi connectivity index (χ1) is 31.6. The molecule has 8 aromatic carbocycles. The van der Waals surface area contributed by atoms with E-state index in [4.69, 9.17) is 9.98 Å². The van der Waals surface area contributed by atoms with Crippen molar-refractivity contribution >= 4 is 28.7 Å². The van der Waals surface area contributed by atoms with Gasteiger partial charge in [0.1, 0.15) is 11.7 Å². The Hall–Kier alpha value is -7.82. The minimum absolute atomic E-state index is 0.122. The average Bonchev–Trinajstić information content (AvgIpc) is 3.68. The molecule has 4 nitrogen and oxygen atoms in total. The second-order valence-electron chi connectivity index (χ2n) is 17.6. The van der Waals surface area contributed by atoms with Crippen LogP contribution in [0.3, 0.4) is 0 Å². The fraction of sp³-hybridized carbons (Fsp3) is 0.100. The fourth-order valence-electron chi connectivity index (χ4n) is 10.5. The Balaban J connectivity index is 0.949. The summed E-state index contributed by atoms with van der Waals surface area (Å²) in [5, 5.41) is 4.91. The van der Waals surface area contributed by atoms with Crippen LogP contribution in [-0.2, 0) is 11.8 Å². The van der Waals surface area contributed by atoms with Crippen molar-refractivity contribution in [3.8, 4) is 27.9 Å². The van der Waals surface area contributed by atoms with Crippen molar-refractivity contribution in [3.63, 3.8) is 0 Å². The molecule has 0 amide bonds. The Bertz CT molecular complexity index is 3290. The van der Waals surface area contributed by atoms with Crippen LogP contribution >= 0.6 is 0 Å². The summed E-state index contributed by atoms with van der Waals surface area (Å²) in [6.45, 7) is 2.48. The molecule has 1 aromatic heterocycles. The number of nitrogens with zero attached hydrogens (tertiary/aromatic N) is 3. The topological polar surface area (TPSA) is 41.7 Å². The molecule has 3 atom stereocenters. The second-order valence-corrected chi connectivity index (χ2v) is 17.6. The van der Waals surface area contributed by atoms with E-state index in [-0.39, 0.29) is 11.3 Å². The number of para-hydroxylation sites is 1. The third-order valence-electron chi connectivity index (χ3n) is 13.8. The summed E-state index contributed by atoms with van der Waals surface area (Å²) in [4.78, 5) is 10.6. The number of amidine groups is 2. The zero-order valence-electron chi connectivity index (χ0n) is 35.7. The van der Waals surface area contributed by atoms with Crippen LogP contribution in [0.4, 0.5) is 0 Å². The average molecular weight is 823 g/mol. The number of benzene rings is 8. The molecule has 64 heavy (non-hydrogen) atoms. The molecule has 12 rings (SSSR count). The van der Waals surface area contributed by atoms with E-state index < -0.39 is 6.17 Å². The third kappa shape index (κ3) is 6.53. The summed E-state index contributed by atoms with van der Waals surface area (Å²) in [5.41, 5.74) is 18.5. The molecule has 0 saturated heterocycles. The second kappa shape index (κ2) is 15.5. The summed E-state index contributed by atoms with van der Waals surface area (Å²) in [7, 11) is 0. The molecule has 0 bridgehead atoms. The zero-order valence-corrected chi connectivity index (χ0v) is 35.7. The van der Waals surface area contributed by atoms with Crippen LogP contribution in [0.5, 0.6) is 0 Å². The molecule has 2 aliphatic carbocycles. The van der Waals surface area contributed by atoms with Gasteiger partial charge in [-0.25, -0.2) is 9.98 Å². The van der Waals surface area contributed by atoms with Crippen molar-refractivity contribution in [1.29, 1.82) is 0 Å². The van der Waals surface area contributed by atoms with Gasteiger partial charge in [0.15, 0.2) is 6.17 Å². The van der Waals surface area contributed by atoms with Crippen molar-refractivity contribution in [2.75, 3.05) is 0 Å². The van der Waals surface area contributed by atoms with Gasteiger partial charge in [-0.15, -0.1) is 0 Å². The largest absolute Gasteiger partial charge is 0.324 e. The number of fused-ring (bicyclic) bond motifs is 6. The van der Waals surface area contributed by atoms with Crippen LogP contribution in [0.25, 0.3) is 44.9 Å². The Morgan fingerprint density at radius 3 is 1.75 bits per heavy atom. The maximum atomic E-state index is 5.31. The highest BCUT2D eigenvalue weighted by atomic mass is 15.2. The molecule has 4 heteroatoms. The van der Waals surface area contributed by atoms with Crippen LogP contribution in [0.15, 0.2) is 228 Å². The normalized spacial score (nSPS) is 18.7. The lowest BCUT2D eigenvalue weighted by Gasteiger charge is -2.44. The third-order valence-corrected chi connectivity index (χ3v) is 13.8. The van der Waals surface area contributed by atoms with Crippen molar-refractivity contribution < 1.29 is 0 Å². The monoisotopic (exact) mass is 822 g/mol. The Labute approximate surface area is 374 Å². The lowest BCUT2D eigenvalue weighted by Crippen LogP contribution is -2.36. The molecule has 2 heterocycles. The summed E-state index contributed by atoms with van der Waals surface area (Å²) in [5.74, 6) is 1.88. The predicted molar refractivity (Wildman–Crippen MR) is 264 cm³/mol. The lowest BCUT2D eigenvalue weighted by molar-refractivity contribution is 0.483. The minimum Gasteiger partial charge on any atom is -0.324 e. The summed E-state index contributed by atoms with van der Waals surface area (Å²) in [6, 6.07) is 76.5. The van der Waals surface area contributed by atoms with Crippen LogP contribution in [-0.4, -0.2) is 16.2 Å². The molecular weight excluding hydrogens is 777 g/mol. The van der Waals surface area contributed by atoms with Gasteiger partial charge in [0.05, 0.1) is 11.2 Å². The molecule has 1 aliphatic heterocycles. The molecule has 9 aromatic rings. The first kappa shape index (κ1) is 37.9. The van der Waals surface area contributed by atoms with Crippen LogP contribution in [0.1, 0.15) is 70.1 Å². The molecular formula is C60H46N4. The number of allylic oxidation sites excluding steroid dienone is 1. The number of rotatable bonds is 7. The van der Waals surface area contributed by atoms with Crippen molar-refractivity contribution in [3.05, 3.63) is 263 Å². The molecule has 3 unspecified atom stereocenters. The maximum absolute atomic E-state index is 5.31.